The van der Waals surface area contributed by atoms with Crippen molar-refractivity contribution < 1.29 is 23.8 Å². The molecular weight excluding hydrogens is 336 g/mol. The highest BCUT2D eigenvalue weighted by Gasteiger charge is 2.32. The molecule has 3 aromatic rings. The van der Waals surface area contributed by atoms with E-state index in [0.29, 0.717) is 28.5 Å². The summed E-state index contributed by atoms with van der Waals surface area (Å²) < 4.78 is 16.5. The van der Waals surface area contributed by atoms with Gasteiger partial charge in [0.2, 0.25) is 0 Å². The number of rotatable bonds is 2. The van der Waals surface area contributed by atoms with Gasteiger partial charge in [-0.15, -0.1) is 0 Å². The van der Waals surface area contributed by atoms with E-state index in [1.165, 1.54) is 0 Å². The number of benzene rings is 2. The van der Waals surface area contributed by atoms with E-state index in [2.05, 4.69) is 0 Å². The minimum absolute atomic E-state index is 0.128. The Bertz CT molecular complexity index is 1080. The molecule has 0 fully saturated rings. The first-order chi connectivity index (χ1) is 12.5. The number of hydrogen-bond acceptors (Lipinski definition) is 6. The predicted octanol–water partition coefficient (Wildman–Crippen LogP) is 3.33. The highest BCUT2D eigenvalue weighted by Crippen LogP contribution is 2.46. The number of aliphatic hydroxyl groups excluding tert-OH is 1. The second kappa shape index (κ2) is 6.14. The van der Waals surface area contributed by atoms with E-state index in [4.69, 9.17) is 13.9 Å². The van der Waals surface area contributed by atoms with Crippen LogP contribution in [0.3, 0.4) is 0 Å². The topological polar surface area (TPSA) is 86.0 Å². The van der Waals surface area contributed by atoms with Crippen LogP contribution in [0.2, 0.25) is 0 Å². The standard InChI is InChI=1S/C20H18O6/c1-3-24-20(23)13-9-15(22)26-19-16(13)11-6-4-5-7-12(11)18-17(19)14(21)8-10(2)25-18/h4-7,9-10,14,21H,3,8H2,1-2H3. The Morgan fingerprint density at radius 2 is 2.04 bits per heavy atom. The second-order valence-corrected chi connectivity index (χ2v) is 6.37. The van der Waals surface area contributed by atoms with E-state index >= 15 is 0 Å². The molecule has 2 heterocycles. The van der Waals surface area contributed by atoms with Crippen LogP contribution in [-0.4, -0.2) is 23.8 Å². The van der Waals surface area contributed by atoms with Gasteiger partial charge in [-0.1, -0.05) is 24.3 Å². The van der Waals surface area contributed by atoms with Crippen LogP contribution in [-0.2, 0) is 4.74 Å². The van der Waals surface area contributed by atoms with E-state index in [9.17, 15) is 14.7 Å². The number of esters is 1. The summed E-state index contributed by atoms with van der Waals surface area (Å²) in [6.07, 6.45) is -0.673. The van der Waals surface area contributed by atoms with Crippen molar-refractivity contribution >= 4 is 27.7 Å². The Morgan fingerprint density at radius 1 is 1.31 bits per heavy atom. The highest BCUT2D eigenvalue weighted by atomic mass is 16.5. The van der Waals surface area contributed by atoms with Crippen molar-refractivity contribution in [2.45, 2.75) is 32.5 Å². The molecule has 0 saturated heterocycles. The molecule has 1 aromatic heterocycles. The van der Waals surface area contributed by atoms with E-state index in [0.717, 1.165) is 11.5 Å². The molecule has 0 aliphatic carbocycles. The molecule has 2 aromatic carbocycles. The monoisotopic (exact) mass is 354 g/mol. The third kappa shape index (κ3) is 2.45. The Balaban J connectivity index is 2.21. The van der Waals surface area contributed by atoms with Gasteiger partial charge in [0.15, 0.2) is 0 Å². The Labute approximate surface area is 148 Å². The summed E-state index contributed by atoms with van der Waals surface area (Å²) in [4.78, 5) is 24.6. The summed E-state index contributed by atoms with van der Waals surface area (Å²) >= 11 is 0. The largest absolute Gasteiger partial charge is 0.489 e. The summed E-state index contributed by atoms with van der Waals surface area (Å²) in [7, 11) is 0. The summed E-state index contributed by atoms with van der Waals surface area (Å²) in [6, 6.07) is 8.51. The Morgan fingerprint density at radius 3 is 2.77 bits per heavy atom. The third-order valence-corrected chi connectivity index (χ3v) is 4.59. The van der Waals surface area contributed by atoms with Crippen LogP contribution in [0, 0.1) is 0 Å². The Kier molecular flexibility index (Phi) is 3.92. The van der Waals surface area contributed by atoms with Crippen LogP contribution >= 0.6 is 0 Å². The normalized spacial score (nSPS) is 19.2. The molecule has 0 radical (unpaired) electrons. The van der Waals surface area contributed by atoms with E-state index < -0.39 is 17.7 Å². The number of carbonyl (C=O) groups excluding carboxylic acids is 1. The molecule has 0 saturated carbocycles. The second-order valence-electron chi connectivity index (χ2n) is 6.37. The molecule has 6 nitrogen and oxygen atoms in total. The third-order valence-electron chi connectivity index (χ3n) is 4.59. The average molecular weight is 354 g/mol. The average Bonchev–Trinajstić information content (AvgIpc) is 2.60. The Hall–Kier alpha value is -2.86. The van der Waals surface area contributed by atoms with Crippen LogP contribution in [0.4, 0.5) is 0 Å². The van der Waals surface area contributed by atoms with Crippen LogP contribution in [0.1, 0.15) is 42.3 Å². The van der Waals surface area contributed by atoms with Crippen molar-refractivity contribution in [1.29, 1.82) is 0 Å². The number of fused-ring (bicyclic) bond motifs is 6. The van der Waals surface area contributed by atoms with Crippen molar-refractivity contribution in [2.75, 3.05) is 6.61 Å². The van der Waals surface area contributed by atoms with Gasteiger partial charge in [0.1, 0.15) is 11.3 Å². The molecular formula is C20H18O6. The van der Waals surface area contributed by atoms with Gasteiger partial charge in [-0.3, -0.25) is 0 Å². The first kappa shape index (κ1) is 16.6. The zero-order chi connectivity index (χ0) is 18.4. The quantitative estimate of drug-likeness (QED) is 0.432. The molecule has 26 heavy (non-hydrogen) atoms. The first-order valence-electron chi connectivity index (χ1n) is 8.55. The maximum absolute atomic E-state index is 12.5. The lowest BCUT2D eigenvalue weighted by Crippen LogP contribution is -2.23. The molecule has 0 spiro atoms. The maximum Gasteiger partial charge on any atom is 0.339 e. The van der Waals surface area contributed by atoms with Crippen LogP contribution < -0.4 is 10.4 Å². The summed E-state index contributed by atoms with van der Waals surface area (Å²) in [5.41, 5.74) is 0.0282. The van der Waals surface area contributed by atoms with Gasteiger partial charge in [0.25, 0.3) is 0 Å². The molecule has 4 rings (SSSR count). The zero-order valence-corrected chi connectivity index (χ0v) is 14.4. The fraction of sp³-hybridized carbons (Fsp3) is 0.300. The molecule has 0 amide bonds. The summed E-state index contributed by atoms with van der Waals surface area (Å²) in [6.45, 7) is 3.76. The van der Waals surface area contributed by atoms with Crippen molar-refractivity contribution in [3.05, 3.63) is 51.9 Å². The van der Waals surface area contributed by atoms with Gasteiger partial charge in [-0.2, -0.15) is 0 Å². The van der Waals surface area contributed by atoms with Crippen LogP contribution in [0.15, 0.2) is 39.5 Å². The van der Waals surface area contributed by atoms with Crippen molar-refractivity contribution in [1.82, 2.24) is 0 Å². The number of aliphatic hydroxyl groups is 1. The van der Waals surface area contributed by atoms with Crippen molar-refractivity contribution in [2.24, 2.45) is 0 Å². The first-order valence-corrected chi connectivity index (χ1v) is 8.55. The fourth-order valence-electron chi connectivity index (χ4n) is 3.58. The van der Waals surface area contributed by atoms with Gasteiger partial charge in [0, 0.05) is 23.3 Å². The van der Waals surface area contributed by atoms with Crippen LogP contribution in [0.25, 0.3) is 21.7 Å². The number of carbonyl (C=O) groups is 1. The lowest BCUT2D eigenvalue weighted by atomic mass is 9.91. The summed E-state index contributed by atoms with van der Waals surface area (Å²) in [5.74, 6) is -0.112. The highest BCUT2D eigenvalue weighted by molar-refractivity contribution is 6.18. The van der Waals surface area contributed by atoms with E-state index in [1.54, 1.807) is 6.92 Å². The van der Waals surface area contributed by atoms with Gasteiger partial charge < -0.3 is 19.0 Å². The molecule has 1 aliphatic heterocycles. The predicted molar refractivity (Wildman–Crippen MR) is 95.6 cm³/mol. The molecule has 2 unspecified atom stereocenters. The zero-order valence-electron chi connectivity index (χ0n) is 14.4. The summed E-state index contributed by atoms with van der Waals surface area (Å²) in [5, 5.41) is 12.6. The van der Waals surface area contributed by atoms with Gasteiger partial charge in [-0.05, 0) is 19.2 Å². The van der Waals surface area contributed by atoms with Crippen molar-refractivity contribution in [3.8, 4) is 5.75 Å². The minimum atomic E-state index is -0.860. The maximum atomic E-state index is 12.5. The van der Waals surface area contributed by atoms with Gasteiger partial charge in [-0.25, -0.2) is 9.59 Å². The molecule has 0 bridgehead atoms. The molecule has 1 N–H and O–H groups in total. The SMILES string of the molecule is CCOC(=O)c1cc(=O)oc2c3c(c4ccccc4c12)OC(C)CC3O. The molecule has 1 aliphatic rings. The lowest BCUT2D eigenvalue weighted by Gasteiger charge is -2.29. The van der Waals surface area contributed by atoms with Crippen molar-refractivity contribution in [3.63, 3.8) is 0 Å². The number of ether oxygens (including phenoxy) is 2. The molecule has 134 valence electrons. The minimum Gasteiger partial charge on any atom is -0.489 e. The number of hydrogen-bond donors (Lipinski definition) is 1. The molecule has 6 heteroatoms. The lowest BCUT2D eigenvalue weighted by molar-refractivity contribution is 0.0527. The van der Waals surface area contributed by atoms with Gasteiger partial charge >= 0.3 is 11.6 Å². The van der Waals surface area contributed by atoms with Crippen LogP contribution in [0.5, 0.6) is 5.75 Å². The fourth-order valence-corrected chi connectivity index (χ4v) is 3.58. The molecule has 2 atom stereocenters. The van der Waals surface area contributed by atoms with E-state index in [1.807, 2.05) is 31.2 Å². The smallest absolute Gasteiger partial charge is 0.339 e. The van der Waals surface area contributed by atoms with E-state index in [-0.39, 0.29) is 23.9 Å². The van der Waals surface area contributed by atoms with Gasteiger partial charge in [0.05, 0.1) is 29.9 Å².